The number of hydrogen-bond acceptors (Lipinski definition) is 3. The molecule has 0 spiro atoms. The third-order valence-corrected chi connectivity index (χ3v) is 3.65. The Hall–Kier alpha value is -1.46. The maximum Gasteiger partial charge on any atom is 0.238 e. The van der Waals surface area contributed by atoms with Gasteiger partial charge in [-0.3, -0.25) is 9.69 Å². The molecule has 1 aliphatic rings. The van der Waals surface area contributed by atoms with Crippen molar-refractivity contribution in [1.29, 1.82) is 0 Å². The van der Waals surface area contributed by atoms with Crippen LogP contribution in [-0.2, 0) is 4.79 Å². The molecule has 1 saturated heterocycles. The molecule has 5 heteroatoms. The molecule has 20 heavy (non-hydrogen) atoms. The third-order valence-electron chi connectivity index (χ3n) is 3.65. The van der Waals surface area contributed by atoms with Crippen molar-refractivity contribution in [3.05, 3.63) is 30.1 Å². The molecule has 4 nitrogen and oxygen atoms in total. The van der Waals surface area contributed by atoms with Crippen LogP contribution in [0.5, 0.6) is 0 Å². The number of carbonyl (C=O) groups excluding carboxylic acids is 1. The molecule has 1 fully saturated rings. The number of halogens is 1. The van der Waals surface area contributed by atoms with E-state index in [1.54, 1.807) is 12.1 Å². The Balaban J connectivity index is 1.88. The van der Waals surface area contributed by atoms with Crippen molar-refractivity contribution in [3.8, 4) is 0 Å². The number of carbonyl (C=O) groups is 1. The second-order valence-corrected chi connectivity index (χ2v) is 5.12. The number of benzene rings is 1. The normalized spacial score (nSPS) is 19.1. The maximum absolute atomic E-state index is 13.1. The van der Waals surface area contributed by atoms with Crippen molar-refractivity contribution >= 4 is 11.6 Å². The summed E-state index contributed by atoms with van der Waals surface area (Å²) in [5, 5.41) is 6.10. The van der Waals surface area contributed by atoms with E-state index in [0.29, 0.717) is 18.3 Å². The fraction of sp³-hybridized carbons (Fsp3) is 0.533. The number of nitrogens with zero attached hydrogens (tertiary/aromatic N) is 1. The Labute approximate surface area is 119 Å². The Kier molecular flexibility index (Phi) is 5.49. The first-order chi connectivity index (χ1) is 9.69. The van der Waals surface area contributed by atoms with Crippen LogP contribution >= 0.6 is 0 Å². The van der Waals surface area contributed by atoms with Crippen molar-refractivity contribution < 1.29 is 9.18 Å². The molecule has 0 saturated carbocycles. The van der Waals surface area contributed by atoms with Gasteiger partial charge >= 0.3 is 0 Å². The number of likely N-dealkylation sites (N-methyl/N-ethyl adjacent to an activating group) is 1. The summed E-state index contributed by atoms with van der Waals surface area (Å²) in [5.41, 5.74) is 0.507. The summed E-state index contributed by atoms with van der Waals surface area (Å²) in [6.45, 7) is 5.23. The zero-order valence-corrected chi connectivity index (χ0v) is 11.9. The van der Waals surface area contributed by atoms with Crippen molar-refractivity contribution in [2.75, 3.05) is 31.5 Å². The van der Waals surface area contributed by atoms with E-state index in [9.17, 15) is 9.18 Å². The zero-order valence-electron chi connectivity index (χ0n) is 11.9. The molecule has 1 heterocycles. The molecule has 1 aromatic carbocycles. The van der Waals surface area contributed by atoms with Crippen molar-refractivity contribution in [1.82, 2.24) is 10.2 Å². The van der Waals surface area contributed by atoms with Gasteiger partial charge in [0.2, 0.25) is 5.91 Å². The average Bonchev–Trinajstić information content (AvgIpc) is 2.45. The number of nitrogens with one attached hydrogen (secondary N) is 2. The van der Waals surface area contributed by atoms with Crippen LogP contribution in [0.2, 0.25) is 0 Å². The largest absolute Gasteiger partial charge is 0.325 e. The van der Waals surface area contributed by atoms with E-state index in [1.165, 1.54) is 12.1 Å². The molecule has 0 bridgehead atoms. The summed E-state index contributed by atoms with van der Waals surface area (Å²) in [4.78, 5) is 14.2. The van der Waals surface area contributed by atoms with Gasteiger partial charge in [0.1, 0.15) is 5.82 Å². The molecule has 1 aromatic rings. The molecule has 0 aromatic heterocycles. The van der Waals surface area contributed by atoms with Crippen LogP contribution in [0.15, 0.2) is 24.3 Å². The van der Waals surface area contributed by atoms with Gasteiger partial charge in [0, 0.05) is 18.3 Å². The molecule has 1 amide bonds. The van der Waals surface area contributed by atoms with Gasteiger partial charge in [0.15, 0.2) is 0 Å². The molecule has 2 rings (SSSR count). The van der Waals surface area contributed by atoms with E-state index in [4.69, 9.17) is 0 Å². The highest BCUT2D eigenvalue weighted by Crippen LogP contribution is 2.12. The van der Waals surface area contributed by atoms with Crippen LogP contribution in [0.4, 0.5) is 10.1 Å². The summed E-state index contributed by atoms with van der Waals surface area (Å²) in [7, 11) is 0. The van der Waals surface area contributed by atoms with Gasteiger partial charge in [0.25, 0.3) is 0 Å². The Morgan fingerprint density at radius 3 is 3.05 bits per heavy atom. The Morgan fingerprint density at radius 2 is 2.40 bits per heavy atom. The molecule has 0 aliphatic carbocycles. The number of hydrogen-bond donors (Lipinski definition) is 2. The van der Waals surface area contributed by atoms with E-state index in [0.717, 1.165) is 32.5 Å². The second-order valence-electron chi connectivity index (χ2n) is 5.12. The lowest BCUT2D eigenvalue weighted by Gasteiger charge is -2.33. The summed E-state index contributed by atoms with van der Waals surface area (Å²) in [5.74, 6) is -0.436. The van der Waals surface area contributed by atoms with Gasteiger partial charge in [-0.25, -0.2) is 4.39 Å². The van der Waals surface area contributed by atoms with Crippen LogP contribution < -0.4 is 10.6 Å². The number of anilines is 1. The molecule has 1 atom stereocenters. The Bertz CT molecular complexity index is 446. The first-order valence-corrected chi connectivity index (χ1v) is 7.19. The molecular weight excluding hydrogens is 257 g/mol. The smallest absolute Gasteiger partial charge is 0.238 e. The van der Waals surface area contributed by atoms with Crippen molar-refractivity contribution in [2.24, 2.45) is 0 Å². The highest BCUT2D eigenvalue weighted by molar-refractivity contribution is 5.92. The van der Waals surface area contributed by atoms with Gasteiger partial charge < -0.3 is 10.6 Å². The fourth-order valence-corrected chi connectivity index (χ4v) is 2.60. The predicted molar refractivity (Wildman–Crippen MR) is 78.2 cm³/mol. The van der Waals surface area contributed by atoms with E-state index < -0.39 is 0 Å². The predicted octanol–water partition coefficient (Wildman–Crippen LogP) is 1.84. The van der Waals surface area contributed by atoms with Crippen LogP contribution in [0.25, 0.3) is 0 Å². The van der Waals surface area contributed by atoms with E-state index in [1.807, 2.05) is 0 Å². The minimum Gasteiger partial charge on any atom is -0.325 e. The van der Waals surface area contributed by atoms with Crippen LogP contribution in [0.3, 0.4) is 0 Å². The lowest BCUT2D eigenvalue weighted by atomic mass is 10.1. The van der Waals surface area contributed by atoms with Crippen molar-refractivity contribution in [3.63, 3.8) is 0 Å². The maximum atomic E-state index is 13.1. The lowest BCUT2D eigenvalue weighted by molar-refractivity contribution is -0.117. The summed E-state index contributed by atoms with van der Waals surface area (Å²) < 4.78 is 13.1. The summed E-state index contributed by atoms with van der Waals surface area (Å²) in [6.07, 6.45) is 2.26. The van der Waals surface area contributed by atoms with Gasteiger partial charge in [-0.15, -0.1) is 0 Å². The number of piperidine rings is 1. The standard InChI is InChI=1S/C15H22FN3O/c1-2-19(14-7-4-8-17-10-14)11-15(20)18-13-6-3-5-12(16)9-13/h3,5-6,9,14,17H,2,4,7-8,10-11H2,1H3,(H,18,20). The fourth-order valence-electron chi connectivity index (χ4n) is 2.60. The minimum atomic E-state index is -0.341. The van der Waals surface area contributed by atoms with Crippen LogP contribution in [0.1, 0.15) is 19.8 Å². The zero-order chi connectivity index (χ0) is 14.4. The minimum absolute atomic E-state index is 0.0944. The van der Waals surface area contributed by atoms with Gasteiger partial charge in [-0.05, 0) is 44.1 Å². The van der Waals surface area contributed by atoms with E-state index >= 15 is 0 Å². The van der Waals surface area contributed by atoms with Crippen molar-refractivity contribution in [2.45, 2.75) is 25.8 Å². The molecule has 110 valence electrons. The van der Waals surface area contributed by atoms with Gasteiger partial charge in [0.05, 0.1) is 6.54 Å². The monoisotopic (exact) mass is 279 g/mol. The van der Waals surface area contributed by atoms with E-state index in [2.05, 4.69) is 22.5 Å². The molecule has 1 aliphatic heterocycles. The second kappa shape index (κ2) is 7.36. The number of amides is 1. The molecule has 0 radical (unpaired) electrons. The van der Waals surface area contributed by atoms with Gasteiger partial charge in [-0.2, -0.15) is 0 Å². The highest BCUT2D eigenvalue weighted by atomic mass is 19.1. The average molecular weight is 279 g/mol. The lowest BCUT2D eigenvalue weighted by Crippen LogP contribution is -2.48. The van der Waals surface area contributed by atoms with Gasteiger partial charge in [-0.1, -0.05) is 13.0 Å². The molecular formula is C15H22FN3O. The topological polar surface area (TPSA) is 44.4 Å². The highest BCUT2D eigenvalue weighted by Gasteiger charge is 2.21. The first kappa shape index (κ1) is 14.9. The number of rotatable bonds is 5. The molecule has 2 N–H and O–H groups in total. The third kappa shape index (κ3) is 4.28. The first-order valence-electron chi connectivity index (χ1n) is 7.19. The molecule has 1 unspecified atom stereocenters. The van der Waals surface area contributed by atoms with Crippen LogP contribution in [0, 0.1) is 5.82 Å². The van der Waals surface area contributed by atoms with E-state index in [-0.39, 0.29) is 11.7 Å². The Morgan fingerprint density at radius 1 is 1.55 bits per heavy atom. The SMILES string of the molecule is CCN(CC(=O)Nc1cccc(F)c1)C1CCCNC1. The summed E-state index contributed by atoms with van der Waals surface area (Å²) in [6, 6.07) is 6.39. The van der Waals surface area contributed by atoms with Crippen LogP contribution in [-0.4, -0.2) is 43.0 Å². The quantitative estimate of drug-likeness (QED) is 0.864. The summed E-state index contributed by atoms with van der Waals surface area (Å²) >= 11 is 0.